The van der Waals surface area contributed by atoms with Crippen LogP contribution in [0.25, 0.3) is 5.76 Å². The molecule has 3 heterocycles. The van der Waals surface area contributed by atoms with Gasteiger partial charge in [0.15, 0.2) is 11.5 Å². The van der Waals surface area contributed by atoms with Gasteiger partial charge in [0.2, 0.25) is 0 Å². The van der Waals surface area contributed by atoms with E-state index in [1.807, 2.05) is 0 Å². The average Bonchev–Trinajstić information content (AvgIpc) is 3.14. The second-order valence-corrected chi connectivity index (χ2v) is 8.12. The zero-order chi connectivity index (χ0) is 24.1. The fourth-order valence-corrected chi connectivity index (χ4v) is 4.38. The standard InChI is InChI=1S/C25H29N3O6/c1-32-19-8-7-17(16-20(19)33-2)23(29)21-22(18-6-3-4-9-26-18)28(25(31)24(21)30)11-5-10-27-12-14-34-15-13-27/h3-4,6-9,16,22,29H,5,10-15H2,1-2H3/t22-/m0/s1. The Balaban J connectivity index is 1.67. The number of aromatic nitrogens is 1. The summed E-state index contributed by atoms with van der Waals surface area (Å²) in [6.45, 7) is 4.25. The molecular formula is C25H29N3O6. The lowest BCUT2D eigenvalue weighted by Gasteiger charge is -2.28. The number of carbonyl (C=O) groups excluding carboxylic acids is 2. The molecule has 2 saturated heterocycles. The maximum Gasteiger partial charge on any atom is 0.295 e. The van der Waals surface area contributed by atoms with E-state index < -0.39 is 17.7 Å². The predicted octanol–water partition coefficient (Wildman–Crippen LogP) is 2.24. The van der Waals surface area contributed by atoms with Crippen molar-refractivity contribution < 1.29 is 28.9 Å². The SMILES string of the molecule is COc1ccc(C(O)=C2C(=O)C(=O)N(CCCN3CCOCC3)[C@H]2c2ccccn2)cc1OC. The third-order valence-electron chi connectivity index (χ3n) is 6.14. The predicted molar refractivity (Wildman–Crippen MR) is 125 cm³/mol. The zero-order valence-electron chi connectivity index (χ0n) is 19.4. The van der Waals surface area contributed by atoms with Crippen molar-refractivity contribution in [1.82, 2.24) is 14.8 Å². The quantitative estimate of drug-likeness (QED) is 0.358. The molecule has 0 bridgehead atoms. The number of likely N-dealkylation sites (tertiary alicyclic amines) is 1. The van der Waals surface area contributed by atoms with Crippen LogP contribution in [0.4, 0.5) is 0 Å². The van der Waals surface area contributed by atoms with Crippen LogP contribution in [-0.2, 0) is 14.3 Å². The normalized spacial score (nSPS) is 20.5. The Morgan fingerprint density at radius 2 is 1.85 bits per heavy atom. The first-order chi connectivity index (χ1) is 16.5. The average molecular weight is 468 g/mol. The first-order valence-corrected chi connectivity index (χ1v) is 11.3. The summed E-state index contributed by atoms with van der Waals surface area (Å²) in [5.74, 6) is -0.746. The minimum absolute atomic E-state index is 0.0160. The minimum Gasteiger partial charge on any atom is -0.507 e. The highest BCUT2D eigenvalue weighted by atomic mass is 16.5. The van der Waals surface area contributed by atoms with Crippen LogP contribution in [0.3, 0.4) is 0 Å². The van der Waals surface area contributed by atoms with Crippen molar-refractivity contribution >= 4 is 17.4 Å². The number of benzene rings is 1. The summed E-state index contributed by atoms with van der Waals surface area (Å²) in [6.07, 6.45) is 2.30. The van der Waals surface area contributed by atoms with Crippen molar-refractivity contribution in [2.24, 2.45) is 0 Å². The molecule has 0 radical (unpaired) electrons. The van der Waals surface area contributed by atoms with Crippen molar-refractivity contribution in [2.45, 2.75) is 12.5 Å². The molecule has 180 valence electrons. The lowest BCUT2D eigenvalue weighted by molar-refractivity contribution is -0.140. The van der Waals surface area contributed by atoms with Crippen LogP contribution in [0.1, 0.15) is 23.7 Å². The number of hydrogen-bond acceptors (Lipinski definition) is 8. The summed E-state index contributed by atoms with van der Waals surface area (Å²) in [4.78, 5) is 34.4. The van der Waals surface area contributed by atoms with Crippen molar-refractivity contribution in [1.29, 1.82) is 0 Å². The van der Waals surface area contributed by atoms with E-state index in [2.05, 4.69) is 9.88 Å². The van der Waals surface area contributed by atoms with E-state index in [-0.39, 0.29) is 11.3 Å². The molecule has 0 unspecified atom stereocenters. The third-order valence-corrected chi connectivity index (χ3v) is 6.14. The van der Waals surface area contributed by atoms with Crippen LogP contribution >= 0.6 is 0 Å². The van der Waals surface area contributed by atoms with Crippen LogP contribution in [0.5, 0.6) is 11.5 Å². The number of nitrogens with zero attached hydrogens (tertiary/aromatic N) is 3. The van der Waals surface area contributed by atoms with Crippen molar-refractivity contribution in [2.75, 3.05) is 53.6 Å². The fourth-order valence-electron chi connectivity index (χ4n) is 4.38. The summed E-state index contributed by atoms with van der Waals surface area (Å²) in [6, 6.07) is 9.39. The van der Waals surface area contributed by atoms with Gasteiger partial charge in [-0.2, -0.15) is 0 Å². The number of ether oxygens (including phenoxy) is 3. The van der Waals surface area contributed by atoms with Gasteiger partial charge < -0.3 is 24.2 Å². The van der Waals surface area contributed by atoms with Crippen LogP contribution in [-0.4, -0.2) is 85.2 Å². The first-order valence-electron chi connectivity index (χ1n) is 11.3. The molecule has 9 heteroatoms. The molecular weight excluding hydrogens is 438 g/mol. The molecule has 1 aromatic heterocycles. The number of rotatable bonds is 8. The Labute approximate surface area is 198 Å². The van der Waals surface area contributed by atoms with E-state index in [9.17, 15) is 14.7 Å². The number of pyridine rings is 1. The third kappa shape index (κ3) is 4.76. The summed E-state index contributed by atoms with van der Waals surface area (Å²) in [5, 5.41) is 11.2. The van der Waals surface area contributed by atoms with Gasteiger partial charge in [-0.15, -0.1) is 0 Å². The maximum atomic E-state index is 13.1. The molecule has 0 aliphatic carbocycles. The lowest BCUT2D eigenvalue weighted by Crippen LogP contribution is -2.39. The van der Waals surface area contributed by atoms with E-state index >= 15 is 0 Å². The summed E-state index contributed by atoms with van der Waals surface area (Å²) in [5.41, 5.74) is 0.891. The monoisotopic (exact) mass is 467 g/mol. The number of ketones is 1. The largest absolute Gasteiger partial charge is 0.507 e. The van der Waals surface area contributed by atoms with E-state index in [0.29, 0.717) is 48.9 Å². The first kappa shape index (κ1) is 23.7. The maximum absolute atomic E-state index is 13.1. The fraction of sp³-hybridized carbons (Fsp3) is 0.400. The molecule has 2 aliphatic heterocycles. The molecule has 9 nitrogen and oxygen atoms in total. The number of amides is 1. The van der Waals surface area contributed by atoms with Gasteiger partial charge in [0, 0.05) is 37.9 Å². The van der Waals surface area contributed by atoms with E-state index in [0.717, 1.165) is 19.6 Å². The van der Waals surface area contributed by atoms with Crippen molar-refractivity contribution in [3.05, 3.63) is 59.4 Å². The van der Waals surface area contributed by atoms with E-state index in [1.54, 1.807) is 42.6 Å². The number of aliphatic hydroxyl groups is 1. The molecule has 1 amide bonds. The number of carbonyl (C=O) groups is 2. The van der Waals surface area contributed by atoms with Gasteiger partial charge >= 0.3 is 0 Å². The highest BCUT2D eigenvalue weighted by Gasteiger charge is 2.46. The molecule has 1 N–H and O–H groups in total. The van der Waals surface area contributed by atoms with Crippen LogP contribution in [0.2, 0.25) is 0 Å². The number of methoxy groups -OCH3 is 2. The van der Waals surface area contributed by atoms with Gasteiger partial charge in [-0.25, -0.2) is 0 Å². The van der Waals surface area contributed by atoms with Gasteiger partial charge in [-0.1, -0.05) is 6.07 Å². The van der Waals surface area contributed by atoms with Gasteiger partial charge in [0.25, 0.3) is 11.7 Å². The Kier molecular flexibility index (Phi) is 7.44. The van der Waals surface area contributed by atoms with Crippen molar-refractivity contribution in [3.8, 4) is 11.5 Å². The van der Waals surface area contributed by atoms with Crippen LogP contribution in [0, 0.1) is 0 Å². The highest BCUT2D eigenvalue weighted by Crippen LogP contribution is 2.40. The lowest BCUT2D eigenvalue weighted by atomic mass is 9.98. The zero-order valence-corrected chi connectivity index (χ0v) is 19.4. The van der Waals surface area contributed by atoms with Gasteiger partial charge in [-0.3, -0.25) is 19.5 Å². The summed E-state index contributed by atoms with van der Waals surface area (Å²) in [7, 11) is 3.00. The Morgan fingerprint density at radius 1 is 1.09 bits per heavy atom. The highest BCUT2D eigenvalue weighted by molar-refractivity contribution is 6.46. The molecule has 34 heavy (non-hydrogen) atoms. The van der Waals surface area contributed by atoms with Gasteiger partial charge in [-0.05, 0) is 36.8 Å². The molecule has 4 rings (SSSR count). The van der Waals surface area contributed by atoms with Crippen LogP contribution in [0.15, 0.2) is 48.2 Å². The molecule has 2 fully saturated rings. The van der Waals surface area contributed by atoms with E-state index in [1.165, 1.54) is 19.1 Å². The number of aliphatic hydroxyl groups excluding tert-OH is 1. The Morgan fingerprint density at radius 3 is 2.53 bits per heavy atom. The Bertz CT molecular complexity index is 1070. The molecule has 0 spiro atoms. The second-order valence-electron chi connectivity index (χ2n) is 8.12. The second kappa shape index (κ2) is 10.7. The summed E-state index contributed by atoms with van der Waals surface area (Å²) >= 11 is 0. The molecule has 2 aliphatic rings. The van der Waals surface area contributed by atoms with Gasteiger partial charge in [0.1, 0.15) is 11.8 Å². The van der Waals surface area contributed by atoms with Gasteiger partial charge in [0.05, 0.1) is 38.7 Å². The Hall–Kier alpha value is -3.43. The molecule has 1 atom stereocenters. The number of morpholine rings is 1. The smallest absolute Gasteiger partial charge is 0.295 e. The minimum atomic E-state index is -0.779. The van der Waals surface area contributed by atoms with Crippen LogP contribution < -0.4 is 9.47 Å². The molecule has 2 aromatic rings. The van der Waals surface area contributed by atoms with E-state index in [4.69, 9.17) is 14.2 Å². The molecule has 0 saturated carbocycles. The number of Topliss-reactive ketones (excluding diaryl/α,β-unsaturated/α-hetero) is 1. The molecule has 1 aromatic carbocycles. The van der Waals surface area contributed by atoms with Crippen molar-refractivity contribution in [3.63, 3.8) is 0 Å². The number of hydrogen-bond donors (Lipinski definition) is 1. The summed E-state index contributed by atoms with van der Waals surface area (Å²) < 4.78 is 16.0. The topological polar surface area (TPSA) is 101 Å².